The van der Waals surface area contributed by atoms with Gasteiger partial charge in [-0.05, 0) is 6.92 Å². The third kappa shape index (κ3) is 3.17. The van der Waals surface area contributed by atoms with E-state index < -0.39 is 16.0 Å². The summed E-state index contributed by atoms with van der Waals surface area (Å²) in [5.41, 5.74) is 0.137. The average Bonchev–Trinajstić information content (AvgIpc) is 1.99. The molecule has 0 saturated carbocycles. The summed E-state index contributed by atoms with van der Waals surface area (Å²) in [4.78, 5) is 17.9. The molecule has 0 saturated heterocycles. The topological polar surface area (TPSA) is 109 Å². The molecular formula is C7H9N3O4S. The van der Waals surface area contributed by atoms with Crippen LogP contribution in [0.2, 0.25) is 0 Å². The van der Waals surface area contributed by atoms with Gasteiger partial charge in [0.25, 0.3) is 0 Å². The second-order valence-corrected chi connectivity index (χ2v) is 4.62. The molecule has 0 aliphatic heterocycles. The molecule has 0 fully saturated rings. The van der Waals surface area contributed by atoms with E-state index in [1.165, 1.54) is 6.92 Å². The lowest BCUT2D eigenvalue weighted by Crippen LogP contribution is -2.14. The lowest BCUT2D eigenvalue weighted by Gasteiger charge is -2.04. The Labute approximate surface area is 86.2 Å². The van der Waals surface area contributed by atoms with E-state index in [0.29, 0.717) is 0 Å². The van der Waals surface area contributed by atoms with Gasteiger partial charge in [-0.25, -0.2) is 23.2 Å². The van der Waals surface area contributed by atoms with E-state index >= 15 is 0 Å². The average molecular weight is 231 g/mol. The summed E-state index contributed by atoms with van der Waals surface area (Å²) in [6.07, 6.45) is 2.01. The van der Waals surface area contributed by atoms with Gasteiger partial charge in [0.05, 0.1) is 17.5 Å². The minimum Gasteiger partial charge on any atom is -0.478 e. The van der Waals surface area contributed by atoms with Crippen molar-refractivity contribution in [3.8, 4) is 0 Å². The highest BCUT2D eigenvalue weighted by Gasteiger charge is 2.11. The van der Waals surface area contributed by atoms with Crippen molar-refractivity contribution in [1.29, 1.82) is 0 Å². The van der Waals surface area contributed by atoms with Crippen LogP contribution in [0.4, 0.5) is 5.95 Å². The van der Waals surface area contributed by atoms with Gasteiger partial charge in [0.1, 0.15) is 0 Å². The van der Waals surface area contributed by atoms with Crippen LogP contribution in [0.3, 0.4) is 0 Å². The number of nitrogens with one attached hydrogen (secondary N) is 1. The number of carboxylic acid groups (broad SMARTS) is 1. The minimum absolute atomic E-state index is 0.0611. The van der Waals surface area contributed by atoms with Gasteiger partial charge >= 0.3 is 5.97 Å². The fourth-order valence-corrected chi connectivity index (χ4v) is 1.32. The summed E-state index contributed by atoms with van der Waals surface area (Å²) in [5, 5.41) is 8.67. The van der Waals surface area contributed by atoms with Crippen molar-refractivity contribution in [3.05, 3.63) is 17.5 Å². The molecule has 1 heterocycles. The number of nitrogens with zero attached hydrogens (tertiary/aromatic N) is 2. The molecule has 0 atom stereocenters. The molecule has 0 radical (unpaired) electrons. The van der Waals surface area contributed by atoms with E-state index in [9.17, 15) is 13.2 Å². The van der Waals surface area contributed by atoms with Gasteiger partial charge in [0.2, 0.25) is 16.0 Å². The zero-order valence-corrected chi connectivity index (χ0v) is 8.87. The molecule has 82 valence electrons. The first-order chi connectivity index (χ1) is 6.79. The molecule has 0 bridgehead atoms. The number of carboxylic acids is 1. The molecule has 1 rings (SSSR count). The number of hydrogen-bond acceptors (Lipinski definition) is 5. The number of aryl methyl sites for hydroxylation is 1. The Morgan fingerprint density at radius 1 is 1.53 bits per heavy atom. The zero-order valence-electron chi connectivity index (χ0n) is 8.05. The fourth-order valence-electron chi connectivity index (χ4n) is 0.892. The number of hydrogen-bond donors (Lipinski definition) is 2. The maximum absolute atomic E-state index is 10.8. The van der Waals surface area contributed by atoms with Crippen molar-refractivity contribution < 1.29 is 18.3 Å². The Morgan fingerprint density at radius 2 is 2.13 bits per heavy atom. The molecule has 0 amide bonds. The summed E-state index contributed by atoms with van der Waals surface area (Å²) >= 11 is 0. The van der Waals surface area contributed by atoms with Crippen molar-refractivity contribution in [3.63, 3.8) is 0 Å². The Morgan fingerprint density at radius 3 is 2.53 bits per heavy atom. The number of carbonyl (C=O) groups is 1. The first kappa shape index (κ1) is 11.4. The van der Waals surface area contributed by atoms with Crippen LogP contribution >= 0.6 is 0 Å². The molecule has 7 nitrogen and oxygen atoms in total. The van der Waals surface area contributed by atoms with Crippen LogP contribution < -0.4 is 4.72 Å². The van der Waals surface area contributed by atoms with Crippen LogP contribution in [-0.2, 0) is 10.0 Å². The van der Waals surface area contributed by atoms with Crippen LogP contribution in [0.25, 0.3) is 0 Å². The SMILES string of the molecule is Cc1nc(NS(C)(=O)=O)ncc1C(=O)O. The Hall–Kier alpha value is -1.70. The minimum atomic E-state index is -3.45. The van der Waals surface area contributed by atoms with Crippen molar-refractivity contribution in [2.75, 3.05) is 11.0 Å². The van der Waals surface area contributed by atoms with E-state index in [1.807, 2.05) is 4.72 Å². The first-order valence-corrected chi connectivity index (χ1v) is 5.73. The second kappa shape index (κ2) is 3.81. The van der Waals surface area contributed by atoms with E-state index in [2.05, 4.69) is 9.97 Å². The molecular weight excluding hydrogens is 222 g/mol. The molecule has 2 N–H and O–H groups in total. The van der Waals surface area contributed by atoms with E-state index in [0.717, 1.165) is 12.5 Å². The maximum atomic E-state index is 10.8. The number of rotatable bonds is 3. The van der Waals surface area contributed by atoms with Gasteiger partial charge in [-0.15, -0.1) is 0 Å². The van der Waals surface area contributed by atoms with Crippen LogP contribution in [-0.4, -0.2) is 35.7 Å². The smallest absolute Gasteiger partial charge is 0.339 e. The van der Waals surface area contributed by atoms with Gasteiger partial charge in [-0.3, -0.25) is 4.72 Å². The van der Waals surface area contributed by atoms with Crippen LogP contribution in [0, 0.1) is 6.92 Å². The van der Waals surface area contributed by atoms with Crippen LogP contribution in [0.15, 0.2) is 6.20 Å². The van der Waals surface area contributed by atoms with Crippen molar-refractivity contribution in [2.45, 2.75) is 6.92 Å². The highest BCUT2D eigenvalue weighted by molar-refractivity contribution is 7.91. The molecule has 0 spiro atoms. The van der Waals surface area contributed by atoms with Gasteiger partial charge in [0.15, 0.2) is 0 Å². The van der Waals surface area contributed by atoms with Gasteiger partial charge < -0.3 is 5.11 Å². The summed E-state index contributed by atoms with van der Waals surface area (Å²) in [6, 6.07) is 0. The van der Waals surface area contributed by atoms with Gasteiger partial charge in [-0.1, -0.05) is 0 Å². The Bertz CT molecular complexity index is 497. The van der Waals surface area contributed by atoms with Gasteiger partial charge in [0, 0.05) is 6.20 Å². The first-order valence-electron chi connectivity index (χ1n) is 3.84. The Balaban J connectivity index is 3.07. The standard InChI is InChI=1S/C7H9N3O4S/c1-4-5(6(11)12)3-8-7(9-4)10-15(2,13)14/h3H,1-2H3,(H,11,12)(H,8,9,10). The van der Waals surface area contributed by atoms with Crippen molar-refractivity contribution >= 4 is 21.9 Å². The molecule has 0 unspecified atom stereocenters. The predicted molar refractivity (Wildman–Crippen MR) is 52.2 cm³/mol. The number of aromatic nitrogens is 2. The molecule has 0 aliphatic carbocycles. The van der Waals surface area contributed by atoms with E-state index in [1.54, 1.807) is 0 Å². The van der Waals surface area contributed by atoms with Gasteiger partial charge in [-0.2, -0.15) is 0 Å². The third-order valence-corrected chi connectivity index (χ3v) is 2.04. The van der Waals surface area contributed by atoms with Crippen molar-refractivity contribution in [1.82, 2.24) is 9.97 Å². The third-order valence-electron chi connectivity index (χ3n) is 1.49. The number of sulfonamides is 1. The molecule has 0 aliphatic rings. The van der Waals surface area contributed by atoms with E-state index in [4.69, 9.17) is 5.11 Å². The monoisotopic (exact) mass is 231 g/mol. The molecule has 0 aromatic carbocycles. The quantitative estimate of drug-likeness (QED) is 0.749. The summed E-state index contributed by atoms with van der Waals surface area (Å²) in [5.74, 6) is -1.29. The van der Waals surface area contributed by atoms with Crippen LogP contribution in [0.1, 0.15) is 16.1 Å². The predicted octanol–water partition coefficient (Wildman–Crippen LogP) is -0.145. The molecule has 1 aromatic heterocycles. The zero-order chi connectivity index (χ0) is 11.6. The van der Waals surface area contributed by atoms with Crippen molar-refractivity contribution in [2.24, 2.45) is 0 Å². The molecule has 15 heavy (non-hydrogen) atoms. The highest BCUT2D eigenvalue weighted by atomic mass is 32.2. The fraction of sp³-hybridized carbons (Fsp3) is 0.286. The summed E-state index contributed by atoms with van der Waals surface area (Å²) in [7, 11) is -3.45. The lowest BCUT2D eigenvalue weighted by atomic mass is 10.2. The largest absolute Gasteiger partial charge is 0.478 e. The molecule has 8 heteroatoms. The van der Waals surface area contributed by atoms with Crippen LogP contribution in [0.5, 0.6) is 0 Å². The normalized spacial score (nSPS) is 11.1. The Kier molecular flexibility index (Phi) is 2.89. The number of aromatic carboxylic acids is 1. The van der Waals surface area contributed by atoms with E-state index in [-0.39, 0.29) is 17.2 Å². The molecule has 1 aromatic rings. The maximum Gasteiger partial charge on any atom is 0.339 e. The number of anilines is 1. The lowest BCUT2D eigenvalue weighted by molar-refractivity contribution is 0.0695. The summed E-state index contributed by atoms with van der Waals surface area (Å²) < 4.78 is 23.7. The highest BCUT2D eigenvalue weighted by Crippen LogP contribution is 2.07. The second-order valence-electron chi connectivity index (χ2n) is 2.87. The summed E-state index contributed by atoms with van der Waals surface area (Å²) in [6.45, 7) is 1.46.